The molecule has 0 aromatic carbocycles. The van der Waals surface area contributed by atoms with Crippen molar-refractivity contribution in [1.29, 1.82) is 0 Å². The van der Waals surface area contributed by atoms with Crippen LogP contribution in [0.5, 0.6) is 0 Å². The molecule has 21 heavy (non-hydrogen) atoms. The van der Waals surface area contributed by atoms with E-state index >= 15 is 0 Å². The van der Waals surface area contributed by atoms with Gasteiger partial charge in [0.2, 0.25) is 0 Å². The van der Waals surface area contributed by atoms with Crippen molar-refractivity contribution in [2.45, 2.75) is 12.1 Å². The van der Waals surface area contributed by atoms with Crippen molar-refractivity contribution >= 4 is 30.5 Å². The highest BCUT2D eigenvalue weighted by molar-refractivity contribution is 7.80. The van der Waals surface area contributed by atoms with E-state index in [0.29, 0.717) is 0 Å². The van der Waals surface area contributed by atoms with E-state index < -0.39 is 36.6 Å². The summed E-state index contributed by atoms with van der Waals surface area (Å²) >= 11 is 3.65. The Bertz CT molecular complexity index is 295. The molecule has 0 rings (SSSR count). The topological polar surface area (TPSA) is 187 Å². The van der Waals surface area contributed by atoms with Gasteiger partial charge in [-0.25, -0.2) is 0 Å². The lowest BCUT2D eigenvalue weighted by atomic mass is 10.3. The number of hydrogen-bond donors (Lipinski definition) is 7. The Morgan fingerprint density at radius 3 is 1.43 bits per heavy atom. The molecule has 0 aliphatic rings. The molecule has 0 aromatic heterocycles. The third-order valence-corrected chi connectivity index (χ3v) is 1.87. The molecular weight excluding hydrogens is 306 g/mol. The lowest BCUT2D eigenvalue weighted by Crippen LogP contribution is -2.33. The van der Waals surface area contributed by atoms with Gasteiger partial charge >= 0.3 is 17.9 Å². The number of aliphatic carboxylic acids is 3. The number of aliphatic hydroxyl groups is 1. The molecule has 2 unspecified atom stereocenters. The highest BCUT2D eigenvalue weighted by atomic mass is 32.1. The molecule has 0 saturated heterocycles. The summed E-state index contributed by atoms with van der Waals surface area (Å²) in [4.78, 5) is 30.8. The highest BCUT2D eigenvalue weighted by Gasteiger charge is 2.07. The first-order chi connectivity index (χ1) is 9.49. The monoisotopic (exact) mass is 329 g/mol. The molecule has 126 valence electrons. The van der Waals surface area contributed by atoms with Crippen molar-refractivity contribution in [2.75, 3.05) is 33.0 Å². The molecule has 0 heterocycles. The smallest absolute Gasteiger partial charge is 0.322 e. The molecule has 0 saturated carbocycles. The van der Waals surface area contributed by atoms with Gasteiger partial charge in [-0.1, -0.05) is 0 Å². The quantitative estimate of drug-likeness (QED) is 0.254. The van der Waals surface area contributed by atoms with Gasteiger partial charge in [0, 0.05) is 5.75 Å². The van der Waals surface area contributed by atoms with Crippen LogP contribution in [0.2, 0.25) is 0 Å². The lowest BCUT2D eigenvalue weighted by molar-refractivity contribution is -0.140. The average molecular weight is 329 g/mol. The molecule has 11 heteroatoms. The third kappa shape index (κ3) is 24.0. The number of hydrogen-bond acceptors (Lipinski definition) is 8. The number of rotatable bonds is 6. The van der Waals surface area contributed by atoms with Gasteiger partial charge in [-0.2, -0.15) is 12.6 Å². The van der Waals surface area contributed by atoms with Crippen molar-refractivity contribution in [3.8, 4) is 0 Å². The van der Waals surface area contributed by atoms with Gasteiger partial charge in [0.05, 0.1) is 13.2 Å². The second kappa shape index (κ2) is 15.0. The third-order valence-electron chi connectivity index (χ3n) is 1.48. The predicted molar refractivity (Wildman–Crippen MR) is 78.4 cm³/mol. The van der Waals surface area contributed by atoms with Crippen molar-refractivity contribution in [2.24, 2.45) is 11.5 Å². The normalized spacial score (nSPS) is 12.1. The second-order valence-corrected chi connectivity index (χ2v) is 4.25. The maximum Gasteiger partial charge on any atom is 0.322 e. The summed E-state index contributed by atoms with van der Waals surface area (Å²) in [7, 11) is 3.43. The molecule has 8 N–H and O–H groups in total. The summed E-state index contributed by atoms with van der Waals surface area (Å²) in [6, 6.07) is -1.94. The minimum atomic E-state index is -1.18. The van der Waals surface area contributed by atoms with Crippen molar-refractivity contribution in [3.05, 3.63) is 0 Å². The fourth-order valence-corrected chi connectivity index (χ4v) is 0.583. The van der Waals surface area contributed by atoms with Gasteiger partial charge in [0.25, 0.3) is 0 Å². The molecule has 0 fully saturated rings. The molecule has 0 radical (unpaired) electrons. The van der Waals surface area contributed by atoms with Gasteiger partial charge in [-0.3, -0.25) is 19.3 Å². The van der Waals surface area contributed by atoms with Crippen LogP contribution < -0.4 is 11.5 Å². The number of nitrogens with zero attached hydrogens (tertiary/aromatic N) is 1. The van der Waals surface area contributed by atoms with Gasteiger partial charge in [-0.15, -0.1) is 0 Å². The van der Waals surface area contributed by atoms with E-state index in [9.17, 15) is 14.4 Å². The van der Waals surface area contributed by atoms with Crippen LogP contribution in [0.4, 0.5) is 0 Å². The van der Waals surface area contributed by atoms with Crippen molar-refractivity contribution in [3.63, 3.8) is 0 Å². The zero-order valence-corrected chi connectivity index (χ0v) is 12.7. The van der Waals surface area contributed by atoms with Crippen LogP contribution in [0.3, 0.4) is 0 Å². The van der Waals surface area contributed by atoms with Crippen LogP contribution >= 0.6 is 12.6 Å². The number of likely N-dealkylation sites (N-methyl/N-ethyl adjacent to an activating group) is 1. The molecule has 0 spiro atoms. The van der Waals surface area contributed by atoms with Crippen LogP contribution in [-0.2, 0) is 14.4 Å². The van der Waals surface area contributed by atoms with Crippen LogP contribution in [0.15, 0.2) is 0 Å². The number of thiol groups is 1. The summed E-state index contributed by atoms with van der Waals surface area (Å²) in [6.45, 7) is -0.394. The summed E-state index contributed by atoms with van der Waals surface area (Å²) in [5, 5.41) is 31.9. The number of carbonyl (C=O) groups is 3. The molecule has 0 bridgehead atoms. The maximum absolute atomic E-state index is 9.77. The summed E-state index contributed by atoms with van der Waals surface area (Å²) in [5.41, 5.74) is 9.71. The van der Waals surface area contributed by atoms with Gasteiger partial charge < -0.3 is 31.9 Å². The minimum Gasteiger partial charge on any atom is -0.480 e. The Hall–Kier alpha value is -1.40. The van der Waals surface area contributed by atoms with Gasteiger partial charge in [-0.05, 0) is 14.1 Å². The Morgan fingerprint density at radius 2 is 1.43 bits per heavy atom. The summed E-state index contributed by atoms with van der Waals surface area (Å²) in [6.07, 6.45) is 0. The Morgan fingerprint density at radius 1 is 1.05 bits per heavy atom. The molecule has 0 aliphatic heterocycles. The molecule has 0 aromatic rings. The van der Waals surface area contributed by atoms with E-state index in [1.54, 1.807) is 19.0 Å². The number of carboxylic acid groups (broad SMARTS) is 3. The minimum absolute atomic E-state index is 0.111. The van der Waals surface area contributed by atoms with Crippen LogP contribution in [-0.4, -0.2) is 88.3 Å². The second-order valence-electron chi connectivity index (χ2n) is 3.89. The van der Waals surface area contributed by atoms with Crippen LogP contribution in [0, 0.1) is 0 Å². The van der Waals surface area contributed by atoms with Crippen molar-refractivity contribution < 1.29 is 34.8 Å². The zero-order chi connectivity index (χ0) is 17.6. The predicted octanol–water partition coefficient (Wildman–Crippen LogP) is -2.65. The molecular formula is C10H23N3O7S. The van der Waals surface area contributed by atoms with Gasteiger partial charge in [0.1, 0.15) is 12.1 Å². The summed E-state index contributed by atoms with van der Waals surface area (Å²) in [5.74, 6) is -2.78. The Balaban J connectivity index is -0.000000231. The molecule has 10 nitrogen and oxygen atoms in total. The first kappa shape index (κ1) is 24.6. The first-order valence-electron chi connectivity index (χ1n) is 5.54. The lowest BCUT2D eigenvalue weighted by Gasteiger charge is -2.01. The summed E-state index contributed by atoms with van der Waals surface area (Å²) < 4.78 is 0. The number of aliphatic hydroxyl groups excluding tert-OH is 1. The van der Waals surface area contributed by atoms with Gasteiger partial charge in [0.15, 0.2) is 0 Å². The van der Waals surface area contributed by atoms with E-state index in [-0.39, 0.29) is 12.3 Å². The fraction of sp³-hybridized carbons (Fsp3) is 0.700. The molecule has 2 atom stereocenters. The number of nitrogens with two attached hydrogens (primary N) is 2. The SMILES string of the molecule is CN(C)CC(=O)O.NC(CO)C(=O)O.NC(CS)C(=O)O. The standard InChI is InChI=1S/C4H9NO2.C3H7NO3.C3H7NO2S/c1-5(2)3-4(6)7;4-2(1-5)3(6)7;4-2(1-7)3(5)6/h3H2,1-2H3,(H,6,7);2,5H,1,4H2,(H,6,7);2,7H,1,4H2,(H,5,6). The average Bonchev–Trinajstić information content (AvgIpc) is 2.36. The van der Waals surface area contributed by atoms with E-state index in [1.165, 1.54) is 0 Å². The van der Waals surface area contributed by atoms with Crippen LogP contribution in [0.1, 0.15) is 0 Å². The maximum atomic E-state index is 9.77. The fourth-order valence-electron chi connectivity index (χ4n) is 0.427. The van der Waals surface area contributed by atoms with E-state index in [2.05, 4.69) is 12.6 Å². The van der Waals surface area contributed by atoms with Crippen LogP contribution in [0.25, 0.3) is 0 Å². The Kier molecular flexibility index (Phi) is 17.6. The molecule has 0 amide bonds. The molecule has 0 aliphatic carbocycles. The largest absolute Gasteiger partial charge is 0.480 e. The highest BCUT2D eigenvalue weighted by Crippen LogP contribution is 1.80. The Labute approximate surface area is 127 Å². The number of carboxylic acids is 3. The first-order valence-corrected chi connectivity index (χ1v) is 6.17. The van der Waals surface area contributed by atoms with E-state index in [0.717, 1.165) is 0 Å². The van der Waals surface area contributed by atoms with E-state index in [4.69, 9.17) is 31.9 Å². The van der Waals surface area contributed by atoms with E-state index in [1.807, 2.05) is 0 Å². The zero-order valence-electron chi connectivity index (χ0n) is 11.8. The van der Waals surface area contributed by atoms with Crippen molar-refractivity contribution in [1.82, 2.24) is 4.90 Å².